The number of Topliss-reactive ketones (excluding diaryl/α,β-unsaturated/α-hetero) is 1. The highest BCUT2D eigenvalue weighted by Crippen LogP contribution is 2.27. The topological polar surface area (TPSA) is 153 Å². The summed E-state index contributed by atoms with van der Waals surface area (Å²) in [6, 6.07) is 10.6. The number of ketones is 1. The van der Waals surface area contributed by atoms with Crippen molar-refractivity contribution in [3.8, 4) is 11.4 Å². The number of piperazine rings is 1. The highest BCUT2D eigenvalue weighted by Gasteiger charge is 2.30. The molecular formula is C25H23N7O5S. The summed E-state index contributed by atoms with van der Waals surface area (Å²) in [5.74, 6) is -1.21. The summed E-state index contributed by atoms with van der Waals surface area (Å²) in [6.45, 7) is 1.19. The van der Waals surface area contributed by atoms with Gasteiger partial charge in [-0.25, -0.2) is 14.2 Å². The normalized spacial score (nSPS) is 14.4. The number of pyridine rings is 1. The molecule has 4 heterocycles. The molecule has 1 aliphatic heterocycles. The first-order chi connectivity index (χ1) is 18.3. The quantitative estimate of drug-likeness (QED) is 0.216. The van der Waals surface area contributed by atoms with E-state index in [9.17, 15) is 23.1 Å². The van der Waals surface area contributed by atoms with Crippen LogP contribution in [0.5, 0.6) is 0 Å². The molecule has 38 heavy (non-hydrogen) atoms. The highest BCUT2D eigenvalue weighted by molar-refractivity contribution is 7.80. The standard InChI is InChI=1S/C25H23N7O5S/c1-30(38(36)37)20-15-27-19(14-28-20)22-21-17(7-8-26-22)18(13-29-21)23(33)25(35)32-11-9-31(10-12-32)24(34)16-5-3-2-4-6-16/h2-8,13-15,29H,9-12H2,1H3,(H,36,37). The second kappa shape index (κ2) is 10.5. The van der Waals surface area contributed by atoms with E-state index in [0.29, 0.717) is 40.9 Å². The summed E-state index contributed by atoms with van der Waals surface area (Å²) in [5.41, 5.74) is 2.08. The fourth-order valence-electron chi connectivity index (χ4n) is 4.26. The van der Waals surface area contributed by atoms with Crippen molar-refractivity contribution in [2.24, 2.45) is 0 Å². The van der Waals surface area contributed by atoms with Gasteiger partial charge in [-0.05, 0) is 18.2 Å². The van der Waals surface area contributed by atoms with E-state index in [2.05, 4.69) is 19.9 Å². The predicted octanol–water partition coefficient (Wildman–Crippen LogP) is 1.76. The maximum atomic E-state index is 13.2. The van der Waals surface area contributed by atoms with Crippen molar-refractivity contribution in [2.45, 2.75) is 0 Å². The number of aromatic nitrogens is 4. The van der Waals surface area contributed by atoms with E-state index in [4.69, 9.17) is 0 Å². The molecule has 194 valence electrons. The van der Waals surface area contributed by atoms with E-state index >= 15 is 0 Å². The summed E-state index contributed by atoms with van der Waals surface area (Å²) in [5, 5.41) is 0.505. The molecule has 1 aromatic carbocycles. The summed E-state index contributed by atoms with van der Waals surface area (Å²) < 4.78 is 21.5. The first kappa shape index (κ1) is 25.2. The fraction of sp³-hybridized carbons (Fsp3) is 0.200. The Kier molecular flexibility index (Phi) is 6.94. The number of nitrogens with zero attached hydrogens (tertiary/aromatic N) is 6. The van der Waals surface area contributed by atoms with Crippen LogP contribution in [0.15, 0.2) is 61.2 Å². The molecule has 0 bridgehead atoms. The van der Waals surface area contributed by atoms with Gasteiger partial charge < -0.3 is 14.8 Å². The minimum Gasteiger partial charge on any atom is -0.359 e. The lowest BCUT2D eigenvalue weighted by atomic mass is 10.1. The molecule has 12 nitrogen and oxygen atoms in total. The molecule has 0 aliphatic carbocycles. The Labute approximate surface area is 219 Å². The van der Waals surface area contributed by atoms with Gasteiger partial charge >= 0.3 is 0 Å². The van der Waals surface area contributed by atoms with Crippen LogP contribution in [0.1, 0.15) is 20.7 Å². The Morgan fingerprint density at radius 3 is 2.34 bits per heavy atom. The van der Waals surface area contributed by atoms with Gasteiger partial charge in [0.25, 0.3) is 28.9 Å². The number of fused-ring (bicyclic) bond motifs is 1. The van der Waals surface area contributed by atoms with Crippen molar-refractivity contribution in [3.63, 3.8) is 0 Å². The Hall–Kier alpha value is -4.49. The molecule has 0 radical (unpaired) electrons. The smallest absolute Gasteiger partial charge is 0.295 e. The second-order valence-corrected chi connectivity index (χ2v) is 9.56. The average Bonchev–Trinajstić information content (AvgIpc) is 3.40. The number of rotatable bonds is 6. The van der Waals surface area contributed by atoms with Crippen LogP contribution in [0.4, 0.5) is 5.82 Å². The highest BCUT2D eigenvalue weighted by atomic mass is 32.2. The number of carbonyl (C=O) groups excluding carboxylic acids is 3. The predicted molar refractivity (Wildman–Crippen MR) is 140 cm³/mol. The summed E-state index contributed by atoms with van der Waals surface area (Å²) >= 11 is -2.24. The van der Waals surface area contributed by atoms with Crippen molar-refractivity contribution in [1.82, 2.24) is 29.7 Å². The van der Waals surface area contributed by atoms with Crippen LogP contribution in [-0.4, -0.2) is 89.3 Å². The third-order valence-electron chi connectivity index (χ3n) is 6.35. The van der Waals surface area contributed by atoms with Crippen LogP contribution in [0.3, 0.4) is 0 Å². The third-order valence-corrected chi connectivity index (χ3v) is 7.01. The van der Waals surface area contributed by atoms with Crippen LogP contribution >= 0.6 is 0 Å². The SMILES string of the molecule is CN(c1cnc(-c2nccc3c(C(=O)C(=O)N4CCN(C(=O)c5ccccc5)CC4)c[nH]c23)cn1)S(=O)O. The zero-order valence-corrected chi connectivity index (χ0v) is 21.1. The lowest BCUT2D eigenvalue weighted by Gasteiger charge is -2.34. The second-order valence-electron chi connectivity index (χ2n) is 8.55. The first-order valence-corrected chi connectivity index (χ1v) is 12.7. The molecule has 13 heteroatoms. The van der Waals surface area contributed by atoms with Gasteiger partial charge in [-0.3, -0.25) is 28.2 Å². The fourth-order valence-corrected chi connectivity index (χ4v) is 4.51. The number of hydrogen-bond acceptors (Lipinski definition) is 7. The minimum atomic E-state index is -2.24. The van der Waals surface area contributed by atoms with E-state index in [1.807, 2.05) is 6.07 Å². The largest absolute Gasteiger partial charge is 0.359 e. The van der Waals surface area contributed by atoms with E-state index < -0.39 is 23.0 Å². The summed E-state index contributed by atoms with van der Waals surface area (Å²) in [6.07, 6.45) is 5.72. The van der Waals surface area contributed by atoms with E-state index in [1.54, 1.807) is 35.2 Å². The van der Waals surface area contributed by atoms with E-state index in [-0.39, 0.29) is 30.4 Å². The number of benzene rings is 1. The monoisotopic (exact) mass is 533 g/mol. The number of nitrogens with one attached hydrogen (secondary N) is 1. The molecule has 0 spiro atoms. The zero-order valence-electron chi connectivity index (χ0n) is 20.3. The molecular weight excluding hydrogens is 510 g/mol. The third kappa shape index (κ3) is 4.76. The molecule has 1 fully saturated rings. The molecule has 1 aliphatic rings. The van der Waals surface area contributed by atoms with E-state index in [1.165, 1.54) is 36.7 Å². The van der Waals surface area contributed by atoms with Crippen molar-refractivity contribution >= 4 is 45.6 Å². The molecule has 1 unspecified atom stereocenters. The van der Waals surface area contributed by atoms with Crippen LogP contribution in [0.25, 0.3) is 22.3 Å². The molecule has 0 saturated carbocycles. The Balaban J connectivity index is 1.31. The number of aromatic amines is 1. The van der Waals surface area contributed by atoms with Gasteiger partial charge in [0.15, 0.2) is 5.82 Å². The van der Waals surface area contributed by atoms with E-state index in [0.717, 1.165) is 4.31 Å². The Morgan fingerprint density at radius 1 is 0.974 bits per heavy atom. The maximum Gasteiger partial charge on any atom is 0.295 e. The van der Waals surface area contributed by atoms with Gasteiger partial charge in [0.05, 0.1) is 23.5 Å². The average molecular weight is 534 g/mol. The molecule has 1 saturated heterocycles. The van der Waals surface area contributed by atoms with Crippen LogP contribution in [0.2, 0.25) is 0 Å². The molecule has 2 N–H and O–H groups in total. The van der Waals surface area contributed by atoms with Gasteiger partial charge in [-0.15, -0.1) is 0 Å². The first-order valence-electron chi connectivity index (χ1n) is 11.7. The lowest BCUT2D eigenvalue weighted by molar-refractivity contribution is -0.127. The van der Waals surface area contributed by atoms with Crippen molar-refractivity contribution < 1.29 is 23.1 Å². The molecule has 4 aromatic rings. The Morgan fingerprint density at radius 2 is 1.68 bits per heavy atom. The van der Waals surface area contributed by atoms with Crippen LogP contribution in [0, 0.1) is 0 Å². The number of amides is 2. The number of anilines is 1. The molecule has 5 rings (SSSR count). The van der Waals surface area contributed by atoms with Gasteiger partial charge in [0, 0.05) is 56.6 Å². The molecule has 2 amide bonds. The van der Waals surface area contributed by atoms with Gasteiger partial charge in [0.2, 0.25) is 0 Å². The molecule has 3 aromatic heterocycles. The molecule has 1 atom stereocenters. The van der Waals surface area contributed by atoms with Gasteiger partial charge in [-0.2, -0.15) is 0 Å². The Bertz CT molecular complexity index is 1530. The zero-order chi connectivity index (χ0) is 26.8. The number of carbonyl (C=O) groups is 3. The number of hydrogen-bond donors (Lipinski definition) is 2. The minimum absolute atomic E-state index is 0.104. The van der Waals surface area contributed by atoms with Crippen LogP contribution in [-0.2, 0) is 16.1 Å². The van der Waals surface area contributed by atoms with Crippen molar-refractivity contribution in [1.29, 1.82) is 0 Å². The van der Waals surface area contributed by atoms with Crippen LogP contribution < -0.4 is 4.31 Å². The summed E-state index contributed by atoms with van der Waals surface area (Å²) in [7, 11) is 1.40. The summed E-state index contributed by atoms with van der Waals surface area (Å²) in [4.78, 5) is 57.9. The number of H-pyrrole nitrogens is 1. The van der Waals surface area contributed by atoms with Crippen molar-refractivity contribution in [2.75, 3.05) is 37.5 Å². The van der Waals surface area contributed by atoms with Crippen molar-refractivity contribution in [3.05, 3.63) is 72.3 Å². The maximum absolute atomic E-state index is 13.2. The van der Waals surface area contributed by atoms with Gasteiger partial charge in [0.1, 0.15) is 11.4 Å². The lowest BCUT2D eigenvalue weighted by Crippen LogP contribution is -2.52. The van der Waals surface area contributed by atoms with Gasteiger partial charge in [-0.1, -0.05) is 18.2 Å².